The van der Waals surface area contributed by atoms with Gasteiger partial charge in [-0.05, 0) is 29.5 Å². The number of rotatable bonds is 6. The summed E-state index contributed by atoms with van der Waals surface area (Å²) < 4.78 is 31.1. The van der Waals surface area contributed by atoms with Gasteiger partial charge in [-0.15, -0.1) is 0 Å². The molecule has 0 heterocycles. The lowest BCUT2D eigenvalue weighted by Crippen LogP contribution is -2.28. The highest BCUT2D eigenvalue weighted by Crippen LogP contribution is 2.24. The number of sulfonamides is 1. The Morgan fingerprint density at radius 2 is 1.70 bits per heavy atom. The van der Waals surface area contributed by atoms with E-state index >= 15 is 0 Å². The largest absolute Gasteiger partial charge is 0.385 e. The van der Waals surface area contributed by atoms with Gasteiger partial charge in [0.25, 0.3) is 0 Å². The molecule has 0 unspecified atom stereocenters. The summed E-state index contributed by atoms with van der Waals surface area (Å²) >= 11 is 0. The zero-order chi connectivity index (χ0) is 15.4. The first-order chi connectivity index (χ1) is 9.19. The number of hydrogen-bond donors (Lipinski definition) is 0. The second-order valence-electron chi connectivity index (χ2n) is 5.95. The van der Waals surface area contributed by atoms with Crippen LogP contribution in [0.5, 0.6) is 0 Å². The number of nitrogens with zero attached hydrogens (tertiary/aromatic N) is 1. The molecule has 0 amide bonds. The maximum atomic E-state index is 12.4. The lowest BCUT2D eigenvalue weighted by molar-refractivity contribution is 0.189. The Labute approximate surface area is 122 Å². The van der Waals surface area contributed by atoms with Crippen molar-refractivity contribution < 1.29 is 13.2 Å². The average molecular weight is 299 g/mol. The Hall–Kier alpha value is -0.910. The van der Waals surface area contributed by atoms with Gasteiger partial charge in [0.1, 0.15) is 0 Å². The standard InChI is InChI=1S/C15H25NO3S/c1-15(2,3)13-7-9-14(10-8-13)20(17,18)16(4)11-6-12-19-5/h7-10H,6,11-12H2,1-5H3. The zero-order valence-electron chi connectivity index (χ0n) is 13.0. The Kier molecular flexibility index (Phi) is 5.74. The van der Waals surface area contributed by atoms with Crippen LogP contribution in [0.2, 0.25) is 0 Å². The van der Waals surface area contributed by atoms with Crippen LogP contribution in [0.3, 0.4) is 0 Å². The summed E-state index contributed by atoms with van der Waals surface area (Å²) in [7, 11) is -0.193. The van der Waals surface area contributed by atoms with Crippen LogP contribution in [0.25, 0.3) is 0 Å². The van der Waals surface area contributed by atoms with Gasteiger partial charge in [0, 0.05) is 27.3 Å². The molecule has 0 aliphatic heterocycles. The van der Waals surface area contributed by atoms with Gasteiger partial charge in [-0.1, -0.05) is 32.9 Å². The van der Waals surface area contributed by atoms with Crippen LogP contribution in [0.15, 0.2) is 29.2 Å². The van der Waals surface area contributed by atoms with Gasteiger partial charge in [0.15, 0.2) is 0 Å². The van der Waals surface area contributed by atoms with Gasteiger partial charge >= 0.3 is 0 Å². The van der Waals surface area contributed by atoms with Gasteiger partial charge in [-0.2, -0.15) is 0 Å². The van der Waals surface area contributed by atoms with Crippen LogP contribution in [-0.2, 0) is 20.2 Å². The molecule has 0 aromatic heterocycles. The van der Waals surface area contributed by atoms with E-state index in [2.05, 4.69) is 20.8 Å². The van der Waals surface area contributed by atoms with Gasteiger partial charge in [-0.3, -0.25) is 0 Å². The van der Waals surface area contributed by atoms with E-state index < -0.39 is 10.0 Å². The maximum absolute atomic E-state index is 12.4. The Balaban J connectivity index is 2.87. The number of benzene rings is 1. The third-order valence-electron chi connectivity index (χ3n) is 3.25. The minimum Gasteiger partial charge on any atom is -0.385 e. The predicted molar refractivity (Wildman–Crippen MR) is 81.5 cm³/mol. The van der Waals surface area contributed by atoms with Crippen LogP contribution in [0.4, 0.5) is 0 Å². The summed E-state index contributed by atoms with van der Waals surface area (Å²) in [6.07, 6.45) is 0.687. The second kappa shape index (κ2) is 6.70. The van der Waals surface area contributed by atoms with E-state index in [4.69, 9.17) is 4.74 Å². The van der Waals surface area contributed by atoms with Crippen LogP contribution in [0, 0.1) is 0 Å². The van der Waals surface area contributed by atoms with Gasteiger partial charge in [0.2, 0.25) is 10.0 Å². The molecule has 1 aromatic carbocycles. The van der Waals surface area contributed by atoms with Crippen molar-refractivity contribution in [1.82, 2.24) is 4.31 Å². The first kappa shape index (κ1) is 17.1. The van der Waals surface area contributed by atoms with Crippen molar-refractivity contribution in [3.05, 3.63) is 29.8 Å². The summed E-state index contributed by atoms with van der Waals surface area (Å²) in [5.74, 6) is 0. The van der Waals surface area contributed by atoms with Crippen LogP contribution < -0.4 is 0 Å². The molecule has 0 saturated heterocycles. The fourth-order valence-corrected chi connectivity index (χ4v) is 3.07. The third-order valence-corrected chi connectivity index (χ3v) is 5.12. The normalized spacial score (nSPS) is 12.9. The van der Waals surface area contributed by atoms with Crippen molar-refractivity contribution in [2.75, 3.05) is 27.3 Å². The van der Waals surface area contributed by atoms with Crippen LogP contribution in [0.1, 0.15) is 32.8 Å². The van der Waals surface area contributed by atoms with Crippen molar-refractivity contribution in [2.45, 2.75) is 37.5 Å². The van der Waals surface area contributed by atoms with E-state index in [1.807, 2.05) is 12.1 Å². The van der Waals surface area contributed by atoms with Crippen molar-refractivity contribution in [1.29, 1.82) is 0 Å². The first-order valence-corrected chi connectivity index (χ1v) is 8.19. The van der Waals surface area contributed by atoms with E-state index in [1.165, 1.54) is 4.31 Å². The summed E-state index contributed by atoms with van der Waals surface area (Å²) in [4.78, 5) is 0.338. The number of ether oxygens (including phenoxy) is 1. The molecule has 0 N–H and O–H groups in total. The Morgan fingerprint density at radius 1 is 1.15 bits per heavy atom. The molecule has 1 rings (SSSR count). The molecule has 114 valence electrons. The molecule has 0 spiro atoms. The van der Waals surface area contributed by atoms with E-state index in [9.17, 15) is 8.42 Å². The minimum absolute atomic E-state index is 0.0205. The van der Waals surface area contributed by atoms with E-state index in [-0.39, 0.29) is 5.41 Å². The van der Waals surface area contributed by atoms with Gasteiger partial charge < -0.3 is 4.74 Å². The predicted octanol–water partition coefficient (Wildman–Crippen LogP) is 2.64. The second-order valence-corrected chi connectivity index (χ2v) is 7.99. The van der Waals surface area contributed by atoms with Crippen molar-refractivity contribution >= 4 is 10.0 Å². The topological polar surface area (TPSA) is 46.6 Å². The van der Waals surface area contributed by atoms with Gasteiger partial charge in [-0.25, -0.2) is 12.7 Å². The maximum Gasteiger partial charge on any atom is 0.242 e. The zero-order valence-corrected chi connectivity index (χ0v) is 13.8. The summed E-state index contributed by atoms with van der Waals surface area (Å²) in [5.41, 5.74) is 1.14. The molecule has 4 nitrogen and oxygen atoms in total. The highest BCUT2D eigenvalue weighted by atomic mass is 32.2. The first-order valence-electron chi connectivity index (χ1n) is 6.75. The molecular weight excluding hydrogens is 274 g/mol. The smallest absolute Gasteiger partial charge is 0.242 e. The highest BCUT2D eigenvalue weighted by Gasteiger charge is 2.21. The monoisotopic (exact) mass is 299 g/mol. The highest BCUT2D eigenvalue weighted by molar-refractivity contribution is 7.89. The molecule has 5 heteroatoms. The van der Waals surface area contributed by atoms with Gasteiger partial charge in [0.05, 0.1) is 4.90 Å². The molecule has 20 heavy (non-hydrogen) atoms. The average Bonchev–Trinajstić information content (AvgIpc) is 2.38. The Bertz CT molecular complexity index is 515. The lowest BCUT2D eigenvalue weighted by Gasteiger charge is -2.20. The molecule has 0 aliphatic carbocycles. The van der Waals surface area contributed by atoms with Crippen LogP contribution in [-0.4, -0.2) is 40.0 Å². The Morgan fingerprint density at radius 3 is 2.15 bits per heavy atom. The summed E-state index contributed by atoms with van der Waals surface area (Å²) in [5, 5.41) is 0. The third kappa shape index (κ3) is 4.30. The minimum atomic E-state index is -3.40. The molecule has 1 aromatic rings. The molecule has 0 aliphatic rings. The molecule has 0 saturated carbocycles. The van der Waals surface area contributed by atoms with Crippen molar-refractivity contribution in [2.24, 2.45) is 0 Å². The molecular formula is C15H25NO3S. The van der Waals surface area contributed by atoms with Crippen LogP contribution >= 0.6 is 0 Å². The van der Waals surface area contributed by atoms with E-state index in [0.29, 0.717) is 24.5 Å². The fourth-order valence-electron chi connectivity index (χ4n) is 1.86. The van der Waals surface area contributed by atoms with Crippen molar-refractivity contribution in [3.8, 4) is 0 Å². The molecule has 0 bridgehead atoms. The molecule has 0 atom stereocenters. The number of hydrogen-bond acceptors (Lipinski definition) is 3. The molecule has 0 fully saturated rings. The fraction of sp³-hybridized carbons (Fsp3) is 0.600. The van der Waals surface area contributed by atoms with E-state index in [1.54, 1.807) is 26.3 Å². The SMILES string of the molecule is COCCCN(C)S(=O)(=O)c1ccc(C(C)(C)C)cc1. The summed E-state index contributed by atoms with van der Waals surface area (Å²) in [6, 6.07) is 7.14. The molecule has 0 radical (unpaired) electrons. The van der Waals surface area contributed by atoms with E-state index in [0.717, 1.165) is 5.56 Å². The summed E-state index contributed by atoms with van der Waals surface area (Å²) in [6.45, 7) is 7.33. The quantitative estimate of drug-likeness (QED) is 0.759. The number of methoxy groups -OCH3 is 1. The lowest BCUT2D eigenvalue weighted by atomic mass is 9.87. The van der Waals surface area contributed by atoms with Crippen molar-refractivity contribution in [3.63, 3.8) is 0 Å².